The molecule has 1 aliphatic heterocycles. The third-order valence-electron chi connectivity index (χ3n) is 4.41. The number of imide groups is 1. The highest BCUT2D eigenvalue weighted by molar-refractivity contribution is 8.18. The SMILES string of the molecule is CCN1C(=O)S/C(=C/c2cc(C)n(-c3cc(C)cc(C)c3)c2C)C1=O. The molecule has 5 heteroatoms. The zero-order valence-electron chi connectivity index (χ0n) is 15.2. The van der Waals surface area contributed by atoms with Gasteiger partial charge in [0.15, 0.2) is 0 Å². The lowest BCUT2D eigenvalue weighted by atomic mass is 10.1. The molecule has 2 heterocycles. The number of aromatic nitrogens is 1. The lowest BCUT2D eigenvalue weighted by molar-refractivity contribution is -0.122. The van der Waals surface area contributed by atoms with E-state index in [-0.39, 0.29) is 11.1 Å². The minimum atomic E-state index is -0.200. The molecule has 0 bridgehead atoms. The van der Waals surface area contributed by atoms with Gasteiger partial charge in [0.25, 0.3) is 11.1 Å². The number of carbonyl (C=O) groups excluding carboxylic acids is 2. The summed E-state index contributed by atoms with van der Waals surface area (Å²) in [7, 11) is 0. The predicted octanol–water partition coefficient (Wildman–Crippen LogP) is 4.77. The molecule has 1 aliphatic rings. The van der Waals surface area contributed by atoms with Gasteiger partial charge >= 0.3 is 0 Å². The summed E-state index contributed by atoms with van der Waals surface area (Å²) in [6.07, 6.45) is 1.84. The number of nitrogens with zero attached hydrogens (tertiary/aromatic N) is 2. The van der Waals surface area contributed by atoms with E-state index in [9.17, 15) is 9.59 Å². The fourth-order valence-corrected chi connectivity index (χ4v) is 4.22. The molecule has 1 saturated heterocycles. The average Bonchev–Trinajstić information content (AvgIpc) is 2.94. The molecule has 130 valence electrons. The minimum Gasteiger partial charge on any atom is -0.318 e. The predicted molar refractivity (Wildman–Crippen MR) is 103 cm³/mol. The number of carbonyl (C=O) groups is 2. The molecule has 25 heavy (non-hydrogen) atoms. The van der Waals surface area contributed by atoms with E-state index < -0.39 is 0 Å². The van der Waals surface area contributed by atoms with Gasteiger partial charge in [-0.3, -0.25) is 14.5 Å². The van der Waals surface area contributed by atoms with Crippen LogP contribution in [0.2, 0.25) is 0 Å². The van der Waals surface area contributed by atoms with Crippen molar-refractivity contribution >= 4 is 29.0 Å². The van der Waals surface area contributed by atoms with Gasteiger partial charge in [-0.25, -0.2) is 0 Å². The quantitative estimate of drug-likeness (QED) is 0.746. The molecule has 1 aromatic heterocycles. The maximum absolute atomic E-state index is 12.3. The molecule has 3 rings (SSSR count). The minimum absolute atomic E-state index is 0.193. The number of benzene rings is 1. The standard InChI is InChI=1S/C20H22N2O2S/c1-6-21-19(23)18(25-20(21)24)11-16-10-14(4)22(15(16)5)17-8-12(2)7-13(3)9-17/h7-11H,6H2,1-5H3/b18-11+. The Hall–Kier alpha value is -2.27. The van der Waals surface area contributed by atoms with E-state index in [0.29, 0.717) is 11.4 Å². The number of likely N-dealkylation sites (N-methyl/N-ethyl adjacent to an activating group) is 1. The van der Waals surface area contributed by atoms with Gasteiger partial charge in [-0.15, -0.1) is 0 Å². The molecule has 0 atom stereocenters. The first-order valence-electron chi connectivity index (χ1n) is 8.34. The fraction of sp³-hybridized carbons (Fsp3) is 0.300. The molecule has 0 spiro atoms. The van der Waals surface area contributed by atoms with Crippen molar-refractivity contribution < 1.29 is 9.59 Å². The second-order valence-electron chi connectivity index (χ2n) is 6.43. The highest BCUT2D eigenvalue weighted by Gasteiger charge is 2.33. The topological polar surface area (TPSA) is 42.3 Å². The highest BCUT2D eigenvalue weighted by atomic mass is 32.2. The summed E-state index contributed by atoms with van der Waals surface area (Å²) < 4.78 is 2.19. The van der Waals surface area contributed by atoms with Crippen LogP contribution in [0.15, 0.2) is 29.2 Å². The Morgan fingerprint density at radius 1 is 1.00 bits per heavy atom. The highest BCUT2D eigenvalue weighted by Crippen LogP contribution is 2.33. The Labute approximate surface area is 152 Å². The van der Waals surface area contributed by atoms with Crippen molar-refractivity contribution in [2.24, 2.45) is 0 Å². The van der Waals surface area contributed by atoms with Crippen molar-refractivity contribution in [1.82, 2.24) is 9.47 Å². The smallest absolute Gasteiger partial charge is 0.293 e. The lowest BCUT2D eigenvalue weighted by Gasteiger charge is -2.12. The Kier molecular flexibility index (Phi) is 4.60. The monoisotopic (exact) mass is 354 g/mol. The first kappa shape index (κ1) is 17.5. The van der Waals surface area contributed by atoms with Crippen LogP contribution < -0.4 is 0 Å². The maximum Gasteiger partial charge on any atom is 0.293 e. The first-order valence-corrected chi connectivity index (χ1v) is 9.16. The molecule has 2 amide bonds. The summed E-state index contributed by atoms with van der Waals surface area (Å²) in [5.41, 5.74) is 6.68. The van der Waals surface area contributed by atoms with Crippen LogP contribution in [0.4, 0.5) is 4.79 Å². The van der Waals surface area contributed by atoms with Crippen molar-refractivity contribution in [2.75, 3.05) is 6.54 Å². The van der Waals surface area contributed by atoms with Crippen molar-refractivity contribution in [3.63, 3.8) is 0 Å². The number of hydrogen-bond acceptors (Lipinski definition) is 3. The maximum atomic E-state index is 12.3. The molecular formula is C20H22N2O2S. The molecule has 1 aromatic carbocycles. The van der Waals surface area contributed by atoms with Gasteiger partial charge in [0.2, 0.25) is 0 Å². The number of amides is 2. The number of hydrogen-bond donors (Lipinski definition) is 0. The Balaban J connectivity index is 2.05. The van der Waals surface area contributed by atoms with E-state index in [1.165, 1.54) is 16.0 Å². The third-order valence-corrected chi connectivity index (χ3v) is 5.32. The van der Waals surface area contributed by atoms with Crippen LogP contribution in [0.1, 0.15) is 35.0 Å². The van der Waals surface area contributed by atoms with Crippen LogP contribution in [-0.2, 0) is 4.79 Å². The van der Waals surface area contributed by atoms with Crippen LogP contribution >= 0.6 is 11.8 Å². The van der Waals surface area contributed by atoms with Gasteiger partial charge in [0.1, 0.15) is 0 Å². The van der Waals surface area contributed by atoms with E-state index in [2.05, 4.69) is 49.6 Å². The molecule has 0 aliphatic carbocycles. The lowest BCUT2D eigenvalue weighted by Crippen LogP contribution is -2.27. The van der Waals surface area contributed by atoms with Gasteiger partial charge in [0, 0.05) is 23.6 Å². The van der Waals surface area contributed by atoms with Crippen molar-refractivity contribution in [1.29, 1.82) is 0 Å². The fourth-order valence-electron chi connectivity index (χ4n) is 3.32. The molecule has 0 N–H and O–H groups in total. The molecule has 0 unspecified atom stereocenters. The normalized spacial score (nSPS) is 16.4. The average molecular weight is 354 g/mol. The number of rotatable bonds is 3. The van der Waals surface area contributed by atoms with Crippen LogP contribution in [0, 0.1) is 27.7 Å². The summed E-state index contributed by atoms with van der Waals surface area (Å²) in [5.74, 6) is -0.200. The number of thioether (sulfide) groups is 1. The van der Waals surface area contributed by atoms with Crippen LogP contribution in [0.25, 0.3) is 11.8 Å². The summed E-state index contributed by atoms with van der Waals surface area (Å²) >= 11 is 1.02. The summed E-state index contributed by atoms with van der Waals surface area (Å²) in [6, 6.07) is 8.52. The zero-order chi connectivity index (χ0) is 18.3. The van der Waals surface area contributed by atoms with E-state index in [1.54, 1.807) is 0 Å². The Bertz CT molecular complexity index is 888. The summed E-state index contributed by atoms with van der Waals surface area (Å²) in [5, 5.41) is -0.193. The molecule has 1 fully saturated rings. The van der Waals surface area contributed by atoms with Gasteiger partial charge in [-0.2, -0.15) is 0 Å². The first-order chi connectivity index (χ1) is 11.8. The molecule has 2 aromatic rings. The number of aryl methyl sites for hydroxylation is 3. The van der Waals surface area contributed by atoms with E-state index in [4.69, 9.17) is 0 Å². The van der Waals surface area contributed by atoms with Crippen molar-refractivity contribution in [3.8, 4) is 5.69 Å². The van der Waals surface area contributed by atoms with Crippen molar-refractivity contribution in [2.45, 2.75) is 34.6 Å². The zero-order valence-corrected chi connectivity index (χ0v) is 16.0. The Morgan fingerprint density at radius 3 is 2.20 bits per heavy atom. The molecule has 0 radical (unpaired) electrons. The van der Waals surface area contributed by atoms with E-state index in [0.717, 1.165) is 34.4 Å². The van der Waals surface area contributed by atoms with Crippen LogP contribution in [0.3, 0.4) is 0 Å². The summed E-state index contributed by atoms with van der Waals surface area (Å²) in [6.45, 7) is 10.5. The third kappa shape index (κ3) is 3.16. The molecule has 4 nitrogen and oxygen atoms in total. The second-order valence-corrected chi connectivity index (χ2v) is 7.43. The second kappa shape index (κ2) is 6.56. The van der Waals surface area contributed by atoms with E-state index in [1.807, 2.05) is 19.9 Å². The van der Waals surface area contributed by atoms with Gasteiger partial charge in [-0.05, 0) is 87.3 Å². The van der Waals surface area contributed by atoms with Gasteiger partial charge < -0.3 is 4.57 Å². The van der Waals surface area contributed by atoms with Gasteiger partial charge in [0.05, 0.1) is 4.91 Å². The Morgan fingerprint density at radius 2 is 1.64 bits per heavy atom. The van der Waals surface area contributed by atoms with Crippen molar-refractivity contribution in [3.05, 3.63) is 57.2 Å². The van der Waals surface area contributed by atoms with Crippen LogP contribution in [-0.4, -0.2) is 27.2 Å². The summed E-state index contributed by atoms with van der Waals surface area (Å²) in [4.78, 5) is 26.0. The van der Waals surface area contributed by atoms with E-state index >= 15 is 0 Å². The van der Waals surface area contributed by atoms with Crippen LogP contribution in [0.5, 0.6) is 0 Å². The van der Waals surface area contributed by atoms with Gasteiger partial charge in [-0.1, -0.05) is 6.07 Å². The largest absolute Gasteiger partial charge is 0.318 e. The molecular weight excluding hydrogens is 332 g/mol. The molecule has 0 saturated carbocycles.